The molecule has 52 valence electrons. The van der Waals surface area contributed by atoms with Crippen molar-refractivity contribution in [1.82, 2.24) is 4.31 Å². The maximum absolute atomic E-state index is 10.0. The molecule has 0 radical (unpaired) electrons. The van der Waals surface area contributed by atoms with E-state index in [0.29, 0.717) is 0 Å². The first-order valence-electron chi connectivity index (χ1n) is 1.56. The van der Waals surface area contributed by atoms with Crippen LogP contribution in [0.1, 0.15) is 7.43 Å². The standard InChI is InChI=1S/C2H6ClNO2S.CH4/c1-4(2)7(3,5)6;/h1-2H3;1H4. The Labute approximate surface area is 54.8 Å². The van der Waals surface area contributed by atoms with E-state index in [1.54, 1.807) is 0 Å². The van der Waals surface area contributed by atoms with Crippen LogP contribution in [0.4, 0.5) is 0 Å². The van der Waals surface area contributed by atoms with E-state index >= 15 is 0 Å². The van der Waals surface area contributed by atoms with E-state index in [1.165, 1.54) is 14.1 Å². The summed E-state index contributed by atoms with van der Waals surface area (Å²) in [4.78, 5) is 0. The highest BCUT2D eigenvalue weighted by molar-refractivity contribution is 8.11. The average Bonchev–Trinajstić information content (AvgIpc) is 1.31. The molecule has 0 fully saturated rings. The Kier molecular flexibility index (Phi) is 4.52. The zero-order valence-corrected chi connectivity index (χ0v) is 5.62. The van der Waals surface area contributed by atoms with Gasteiger partial charge in [0, 0.05) is 24.8 Å². The summed E-state index contributed by atoms with van der Waals surface area (Å²) in [6.45, 7) is 0. The Balaban J connectivity index is 0. The van der Waals surface area contributed by atoms with Crippen LogP contribution in [0.3, 0.4) is 0 Å². The second kappa shape index (κ2) is 3.27. The quantitative estimate of drug-likeness (QED) is 0.528. The fraction of sp³-hybridized carbons (Fsp3) is 1.00. The van der Waals surface area contributed by atoms with Gasteiger partial charge in [-0.1, -0.05) is 7.43 Å². The van der Waals surface area contributed by atoms with Gasteiger partial charge in [0.1, 0.15) is 0 Å². The summed E-state index contributed by atoms with van der Waals surface area (Å²) in [6, 6.07) is 0. The molecule has 0 atom stereocenters. The van der Waals surface area contributed by atoms with Gasteiger partial charge in [0.15, 0.2) is 0 Å². The molecule has 0 bridgehead atoms. The first kappa shape index (κ1) is 11.1. The molecule has 3 nitrogen and oxygen atoms in total. The molecule has 5 heteroatoms. The van der Waals surface area contributed by atoms with E-state index in [9.17, 15) is 8.42 Å². The monoisotopic (exact) mass is 159 g/mol. The molecule has 8 heavy (non-hydrogen) atoms. The Morgan fingerprint density at radius 2 is 1.50 bits per heavy atom. The van der Waals surface area contributed by atoms with Crippen LogP contribution in [0.15, 0.2) is 0 Å². The third-order valence-electron chi connectivity index (χ3n) is 0.436. The highest BCUT2D eigenvalue weighted by Crippen LogP contribution is 1.96. The summed E-state index contributed by atoms with van der Waals surface area (Å²) >= 11 is 0. The maximum Gasteiger partial charge on any atom is 0.299 e. The van der Waals surface area contributed by atoms with E-state index in [2.05, 4.69) is 0 Å². The molecule has 0 aromatic rings. The van der Waals surface area contributed by atoms with Crippen LogP contribution in [0.25, 0.3) is 0 Å². The van der Waals surface area contributed by atoms with Gasteiger partial charge in [-0.05, 0) is 0 Å². The summed E-state index contributed by atoms with van der Waals surface area (Å²) in [6.07, 6.45) is 0. The highest BCUT2D eigenvalue weighted by atomic mass is 35.7. The van der Waals surface area contributed by atoms with Gasteiger partial charge < -0.3 is 0 Å². The van der Waals surface area contributed by atoms with Crippen LogP contribution in [0.5, 0.6) is 0 Å². The Morgan fingerprint density at radius 3 is 1.50 bits per heavy atom. The summed E-state index contributed by atoms with van der Waals surface area (Å²) in [7, 11) is 4.06. The lowest BCUT2D eigenvalue weighted by Crippen LogP contribution is -2.15. The Bertz CT molecular complexity index is 139. The Hall–Kier alpha value is 0.200. The van der Waals surface area contributed by atoms with Gasteiger partial charge in [-0.3, -0.25) is 0 Å². The molecule has 0 rings (SSSR count). The van der Waals surface area contributed by atoms with Gasteiger partial charge in [-0.2, -0.15) is 12.7 Å². The van der Waals surface area contributed by atoms with Gasteiger partial charge in [-0.15, -0.1) is 0 Å². The van der Waals surface area contributed by atoms with Crippen molar-refractivity contribution in [2.24, 2.45) is 0 Å². The number of hydrogen-bond donors (Lipinski definition) is 0. The third-order valence-corrected chi connectivity index (χ3v) is 2.14. The molecule has 0 amide bonds. The lowest BCUT2D eigenvalue weighted by atomic mass is 11.3. The lowest BCUT2D eigenvalue weighted by molar-refractivity contribution is 0.537. The zero-order valence-electron chi connectivity index (χ0n) is 4.05. The smallest absolute Gasteiger partial charge is 0.195 e. The van der Waals surface area contributed by atoms with Crippen LogP contribution < -0.4 is 0 Å². The van der Waals surface area contributed by atoms with Gasteiger partial charge in [0.2, 0.25) is 0 Å². The van der Waals surface area contributed by atoms with E-state index in [1.807, 2.05) is 0 Å². The minimum Gasteiger partial charge on any atom is -0.195 e. The minimum atomic E-state index is -3.44. The van der Waals surface area contributed by atoms with Crippen LogP contribution >= 0.6 is 10.7 Å². The van der Waals surface area contributed by atoms with Crippen molar-refractivity contribution in [3.05, 3.63) is 0 Å². The van der Waals surface area contributed by atoms with E-state index in [4.69, 9.17) is 10.7 Å². The zero-order chi connectivity index (χ0) is 6.08. The van der Waals surface area contributed by atoms with Crippen LogP contribution in [-0.4, -0.2) is 26.8 Å². The van der Waals surface area contributed by atoms with E-state index < -0.39 is 9.24 Å². The molecular weight excluding hydrogens is 150 g/mol. The van der Waals surface area contributed by atoms with Crippen LogP contribution in [0.2, 0.25) is 0 Å². The molecule has 0 aliphatic carbocycles. The van der Waals surface area contributed by atoms with Crippen molar-refractivity contribution in [3.63, 3.8) is 0 Å². The molecule has 0 saturated carbocycles. The molecule has 0 spiro atoms. The predicted octanol–water partition coefficient (Wildman–Crippen LogP) is 0.668. The van der Waals surface area contributed by atoms with E-state index in [0.717, 1.165) is 4.31 Å². The van der Waals surface area contributed by atoms with E-state index in [-0.39, 0.29) is 7.43 Å². The molecule has 0 aliphatic heterocycles. The number of hydrogen-bond acceptors (Lipinski definition) is 2. The minimum absolute atomic E-state index is 0. The number of nitrogens with zero attached hydrogens (tertiary/aromatic N) is 1. The van der Waals surface area contributed by atoms with Gasteiger partial charge >= 0.3 is 0 Å². The number of halogens is 1. The fourth-order valence-corrected chi connectivity index (χ4v) is 0. The summed E-state index contributed by atoms with van der Waals surface area (Å²) in [5.41, 5.74) is 0. The molecule has 0 N–H and O–H groups in total. The molecule has 0 saturated heterocycles. The fourth-order valence-electron chi connectivity index (χ4n) is 0. The largest absolute Gasteiger partial charge is 0.299 e. The third kappa shape index (κ3) is 4.36. The molecule has 0 heterocycles. The van der Waals surface area contributed by atoms with Crippen molar-refractivity contribution in [2.75, 3.05) is 14.1 Å². The number of rotatable bonds is 1. The maximum atomic E-state index is 10.0. The second-order valence-corrected chi connectivity index (χ2v) is 3.95. The SMILES string of the molecule is C.CN(C)S(=O)(=O)Cl. The predicted molar refractivity (Wildman–Crippen MR) is 35.2 cm³/mol. The summed E-state index contributed by atoms with van der Waals surface area (Å²) < 4.78 is 21.0. The van der Waals surface area contributed by atoms with Gasteiger partial charge in [0.05, 0.1) is 0 Å². The second-order valence-electron chi connectivity index (χ2n) is 1.22. The van der Waals surface area contributed by atoms with Crippen LogP contribution in [0, 0.1) is 0 Å². The molecule has 0 unspecified atom stereocenters. The molecule has 0 aliphatic rings. The molecule has 0 aromatic heterocycles. The normalized spacial score (nSPS) is 11.0. The van der Waals surface area contributed by atoms with Crippen molar-refractivity contribution in [1.29, 1.82) is 0 Å². The summed E-state index contributed by atoms with van der Waals surface area (Å²) in [5, 5.41) is 0. The molecular formula is C3H10ClNO2S. The van der Waals surface area contributed by atoms with Gasteiger partial charge in [-0.25, -0.2) is 0 Å². The van der Waals surface area contributed by atoms with Crippen LogP contribution in [-0.2, 0) is 9.24 Å². The first-order chi connectivity index (χ1) is 2.94. The lowest BCUT2D eigenvalue weighted by Gasteiger charge is -2.00. The highest BCUT2D eigenvalue weighted by Gasteiger charge is 2.04. The summed E-state index contributed by atoms with van der Waals surface area (Å²) in [5.74, 6) is 0. The van der Waals surface area contributed by atoms with Gasteiger partial charge in [0.25, 0.3) is 9.24 Å². The van der Waals surface area contributed by atoms with Crippen molar-refractivity contribution < 1.29 is 8.42 Å². The topological polar surface area (TPSA) is 37.4 Å². The Morgan fingerprint density at radius 1 is 1.38 bits per heavy atom. The molecule has 0 aromatic carbocycles. The van der Waals surface area contributed by atoms with Crippen molar-refractivity contribution in [3.8, 4) is 0 Å². The first-order valence-corrected chi connectivity index (χ1v) is 3.83. The average molecular weight is 160 g/mol. The van der Waals surface area contributed by atoms with Crippen molar-refractivity contribution >= 4 is 19.9 Å². The van der Waals surface area contributed by atoms with Crippen molar-refractivity contribution in [2.45, 2.75) is 7.43 Å².